The maximum atomic E-state index is 10.2. The Morgan fingerprint density at radius 1 is 1.25 bits per heavy atom. The molecule has 112 valence electrons. The van der Waals surface area contributed by atoms with Gasteiger partial charge in [0.2, 0.25) is 0 Å². The summed E-state index contributed by atoms with van der Waals surface area (Å²) in [5.41, 5.74) is 0.798. The Morgan fingerprint density at radius 3 is 2.65 bits per heavy atom. The molecule has 1 aromatic carbocycles. The van der Waals surface area contributed by atoms with E-state index in [2.05, 4.69) is 17.1 Å². The third-order valence-corrected chi connectivity index (χ3v) is 4.25. The Kier molecular flexibility index (Phi) is 6.30. The van der Waals surface area contributed by atoms with Crippen LogP contribution in [0.3, 0.4) is 0 Å². The molecule has 1 heterocycles. The zero-order valence-electron chi connectivity index (χ0n) is 12.2. The van der Waals surface area contributed by atoms with Gasteiger partial charge in [-0.1, -0.05) is 36.2 Å². The minimum Gasteiger partial charge on any atom is -0.387 e. The molecule has 0 radical (unpaired) electrons. The molecule has 1 aliphatic heterocycles. The monoisotopic (exact) mass is 296 g/mol. The summed E-state index contributed by atoms with van der Waals surface area (Å²) in [7, 11) is 0. The van der Waals surface area contributed by atoms with Crippen LogP contribution in [-0.2, 0) is 0 Å². The molecule has 2 N–H and O–H groups in total. The molecule has 1 saturated heterocycles. The summed E-state index contributed by atoms with van der Waals surface area (Å²) in [4.78, 5) is 2.50. The van der Waals surface area contributed by atoms with E-state index in [-0.39, 0.29) is 0 Å². The first-order chi connectivity index (χ1) is 9.66. The first kappa shape index (κ1) is 15.8. The highest BCUT2D eigenvalue weighted by atomic mass is 35.5. The summed E-state index contributed by atoms with van der Waals surface area (Å²) < 4.78 is 0. The summed E-state index contributed by atoms with van der Waals surface area (Å²) in [6, 6.07) is 7.86. The molecule has 0 aromatic heterocycles. The van der Waals surface area contributed by atoms with Crippen LogP contribution in [-0.4, -0.2) is 42.2 Å². The number of nitrogens with one attached hydrogen (secondary N) is 1. The second-order valence-corrected chi connectivity index (χ2v) is 6.12. The number of hydrogen-bond acceptors (Lipinski definition) is 3. The Hall–Kier alpha value is -0.610. The van der Waals surface area contributed by atoms with Gasteiger partial charge in [-0.15, -0.1) is 0 Å². The van der Waals surface area contributed by atoms with Gasteiger partial charge >= 0.3 is 0 Å². The van der Waals surface area contributed by atoms with Crippen molar-refractivity contribution in [3.63, 3.8) is 0 Å². The first-order valence-corrected chi connectivity index (χ1v) is 7.93. The molecule has 0 spiro atoms. The molecule has 1 fully saturated rings. The number of aliphatic hydroxyl groups is 1. The van der Waals surface area contributed by atoms with E-state index in [1.165, 1.54) is 32.4 Å². The van der Waals surface area contributed by atoms with Gasteiger partial charge in [0.05, 0.1) is 6.10 Å². The Labute approximate surface area is 126 Å². The van der Waals surface area contributed by atoms with E-state index in [0.29, 0.717) is 17.6 Å². The predicted octanol–water partition coefficient (Wildman–Crippen LogP) is 2.84. The molecule has 0 aliphatic carbocycles. The lowest BCUT2D eigenvalue weighted by atomic mass is 10.1. The van der Waals surface area contributed by atoms with Gasteiger partial charge in [-0.05, 0) is 38.9 Å². The van der Waals surface area contributed by atoms with E-state index < -0.39 is 6.10 Å². The molecular formula is C16H25ClN2O. The van der Waals surface area contributed by atoms with Crippen LogP contribution in [0, 0.1) is 0 Å². The maximum absolute atomic E-state index is 10.2. The van der Waals surface area contributed by atoms with Gasteiger partial charge in [-0.25, -0.2) is 0 Å². The fourth-order valence-electron chi connectivity index (χ4n) is 2.76. The van der Waals surface area contributed by atoms with Gasteiger partial charge in [-0.2, -0.15) is 0 Å². The minimum absolute atomic E-state index is 0.380. The fraction of sp³-hybridized carbons (Fsp3) is 0.625. The molecule has 0 amide bonds. The van der Waals surface area contributed by atoms with Crippen LogP contribution >= 0.6 is 11.6 Å². The lowest BCUT2D eigenvalue weighted by Crippen LogP contribution is -2.42. The van der Waals surface area contributed by atoms with E-state index >= 15 is 0 Å². The molecule has 4 heteroatoms. The van der Waals surface area contributed by atoms with Gasteiger partial charge in [0.25, 0.3) is 0 Å². The molecular weight excluding hydrogens is 272 g/mol. The molecule has 2 unspecified atom stereocenters. The number of halogens is 1. The third kappa shape index (κ3) is 4.74. The largest absolute Gasteiger partial charge is 0.387 e. The van der Waals surface area contributed by atoms with Gasteiger partial charge in [0.1, 0.15) is 0 Å². The quantitative estimate of drug-likeness (QED) is 0.847. The average molecular weight is 297 g/mol. The number of rotatable bonds is 6. The average Bonchev–Trinajstić information content (AvgIpc) is 2.46. The number of nitrogens with zero attached hydrogens (tertiary/aromatic N) is 1. The van der Waals surface area contributed by atoms with Gasteiger partial charge in [0, 0.05) is 29.7 Å². The highest BCUT2D eigenvalue weighted by Gasteiger charge is 2.15. The van der Waals surface area contributed by atoms with Crippen LogP contribution in [0.1, 0.15) is 37.9 Å². The number of benzene rings is 1. The summed E-state index contributed by atoms with van der Waals surface area (Å²) in [6.45, 7) is 6.18. The first-order valence-electron chi connectivity index (χ1n) is 7.55. The highest BCUT2D eigenvalue weighted by Crippen LogP contribution is 2.21. The van der Waals surface area contributed by atoms with Crippen molar-refractivity contribution in [2.45, 2.75) is 38.3 Å². The lowest BCUT2D eigenvalue weighted by Gasteiger charge is -2.29. The zero-order valence-corrected chi connectivity index (χ0v) is 12.9. The van der Waals surface area contributed by atoms with E-state index in [1.54, 1.807) is 0 Å². The third-order valence-electron chi connectivity index (χ3n) is 3.90. The summed E-state index contributed by atoms with van der Waals surface area (Å²) in [5.74, 6) is 0. The molecule has 20 heavy (non-hydrogen) atoms. The normalized spacial score (nSPS) is 19.8. The molecule has 0 saturated carbocycles. The highest BCUT2D eigenvalue weighted by molar-refractivity contribution is 6.31. The molecule has 2 atom stereocenters. The molecule has 2 rings (SSSR count). The van der Waals surface area contributed by atoms with Crippen LogP contribution in [0.2, 0.25) is 5.02 Å². The van der Waals surface area contributed by atoms with Crippen LogP contribution in [0.4, 0.5) is 0 Å². The number of hydrogen-bond donors (Lipinski definition) is 2. The molecule has 0 bridgehead atoms. The number of piperidine rings is 1. The predicted molar refractivity (Wildman–Crippen MR) is 84.2 cm³/mol. The summed E-state index contributed by atoms with van der Waals surface area (Å²) in [6.07, 6.45) is 3.44. The van der Waals surface area contributed by atoms with E-state index in [4.69, 9.17) is 11.6 Å². The van der Waals surface area contributed by atoms with Gasteiger partial charge in [-0.3, -0.25) is 0 Å². The number of likely N-dealkylation sites (tertiary alicyclic amines) is 1. The van der Waals surface area contributed by atoms with Crippen molar-refractivity contribution in [2.24, 2.45) is 0 Å². The van der Waals surface area contributed by atoms with Crippen molar-refractivity contribution < 1.29 is 5.11 Å². The fourth-order valence-corrected chi connectivity index (χ4v) is 3.02. The zero-order chi connectivity index (χ0) is 14.4. The van der Waals surface area contributed by atoms with Crippen molar-refractivity contribution in [1.29, 1.82) is 0 Å². The van der Waals surface area contributed by atoms with Gasteiger partial charge < -0.3 is 15.3 Å². The SMILES string of the molecule is CC(CN1CCCCC1)NCC(O)c1ccccc1Cl. The summed E-state index contributed by atoms with van der Waals surface area (Å²) >= 11 is 6.09. The van der Waals surface area contributed by atoms with Gasteiger partial charge in [0.15, 0.2) is 0 Å². The topological polar surface area (TPSA) is 35.5 Å². The van der Waals surface area contributed by atoms with E-state index in [0.717, 1.165) is 12.1 Å². The van der Waals surface area contributed by atoms with Crippen molar-refractivity contribution in [1.82, 2.24) is 10.2 Å². The summed E-state index contributed by atoms with van der Waals surface area (Å²) in [5, 5.41) is 14.2. The second kappa shape index (κ2) is 7.99. The smallest absolute Gasteiger partial charge is 0.0928 e. The molecule has 1 aliphatic rings. The van der Waals surface area contributed by atoms with E-state index in [9.17, 15) is 5.11 Å². The van der Waals surface area contributed by atoms with E-state index in [1.807, 2.05) is 24.3 Å². The maximum Gasteiger partial charge on any atom is 0.0928 e. The van der Waals surface area contributed by atoms with Crippen LogP contribution in [0.5, 0.6) is 0 Å². The van der Waals surface area contributed by atoms with Crippen molar-refractivity contribution in [2.75, 3.05) is 26.2 Å². The molecule has 1 aromatic rings. The Bertz CT molecular complexity index is 407. The second-order valence-electron chi connectivity index (χ2n) is 5.71. The van der Waals surface area contributed by atoms with Crippen LogP contribution in [0.15, 0.2) is 24.3 Å². The standard InChI is InChI=1S/C16H25ClN2O/c1-13(12-19-9-5-2-6-10-19)18-11-16(20)14-7-3-4-8-15(14)17/h3-4,7-8,13,16,18,20H,2,5-6,9-12H2,1H3. The van der Waals surface area contributed by atoms with Crippen LogP contribution in [0.25, 0.3) is 0 Å². The minimum atomic E-state index is -0.549. The van der Waals surface area contributed by atoms with Crippen LogP contribution < -0.4 is 5.32 Å². The van der Waals surface area contributed by atoms with Crippen molar-refractivity contribution >= 4 is 11.6 Å². The Balaban J connectivity index is 1.75. The molecule has 3 nitrogen and oxygen atoms in total. The van der Waals surface area contributed by atoms with Crippen molar-refractivity contribution in [3.05, 3.63) is 34.9 Å². The van der Waals surface area contributed by atoms with Crippen molar-refractivity contribution in [3.8, 4) is 0 Å². The number of aliphatic hydroxyl groups excluding tert-OH is 1. The lowest BCUT2D eigenvalue weighted by molar-refractivity contribution is 0.159. The Morgan fingerprint density at radius 2 is 1.95 bits per heavy atom.